The third kappa shape index (κ3) is 2.63. The smallest absolute Gasteiger partial charge is 0.851 e. The second kappa shape index (κ2) is 4.41. The Morgan fingerprint density at radius 3 is 2.30 bits per heavy atom. The van der Waals surface area contributed by atoms with E-state index < -0.39 is 0 Å². The SMILES string of the molecule is CC(C)N1CC[C@@H]([O-])C1.[Li+]. The first-order chi connectivity index (χ1) is 4.20. The maximum Gasteiger partial charge on any atom is 1.00 e. The maximum absolute atomic E-state index is 10.8. The molecule has 2 nitrogen and oxygen atoms in total. The summed E-state index contributed by atoms with van der Waals surface area (Å²) in [5.41, 5.74) is 0. The van der Waals surface area contributed by atoms with E-state index >= 15 is 0 Å². The zero-order valence-electron chi connectivity index (χ0n) is 7.13. The van der Waals surface area contributed by atoms with Crippen LogP contribution in [0.25, 0.3) is 0 Å². The van der Waals surface area contributed by atoms with Crippen LogP contribution in [-0.4, -0.2) is 30.1 Å². The summed E-state index contributed by atoms with van der Waals surface area (Å²) in [6, 6.07) is 0.559. The first-order valence-corrected chi connectivity index (χ1v) is 3.60. The molecule has 10 heavy (non-hydrogen) atoms. The summed E-state index contributed by atoms with van der Waals surface area (Å²) in [6.07, 6.45) is 0.533. The van der Waals surface area contributed by atoms with Crippen molar-refractivity contribution in [3.63, 3.8) is 0 Å². The predicted octanol–water partition coefficient (Wildman–Crippen LogP) is -3.17. The van der Waals surface area contributed by atoms with Crippen molar-refractivity contribution < 1.29 is 24.0 Å². The fraction of sp³-hybridized carbons (Fsp3) is 1.00. The fourth-order valence-electron chi connectivity index (χ4n) is 1.22. The molecule has 0 bridgehead atoms. The second-order valence-corrected chi connectivity index (χ2v) is 3.00. The van der Waals surface area contributed by atoms with Gasteiger partial charge in [0.1, 0.15) is 0 Å². The number of nitrogens with zero attached hydrogens (tertiary/aromatic N) is 1. The van der Waals surface area contributed by atoms with Gasteiger partial charge in [0.2, 0.25) is 0 Å². The van der Waals surface area contributed by atoms with Crippen molar-refractivity contribution in [2.24, 2.45) is 0 Å². The molecule has 1 aliphatic rings. The Labute approximate surface area is 74.8 Å². The molecule has 1 fully saturated rings. The minimum Gasteiger partial charge on any atom is -0.851 e. The van der Waals surface area contributed by atoms with Crippen LogP contribution in [0.2, 0.25) is 0 Å². The Morgan fingerprint density at radius 2 is 2.10 bits per heavy atom. The summed E-state index contributed by atoms with van der Waals surface area (Å²) in [6.45, 7) is 6.04. The molecule has 0 aromatic rings. The van der Waals surface area contributed by atoms with E-state index in [-0.39, 0.29) is 25.0 Å². The number of hydrogen-bond acceptors (Lipinski definition) is 2. The molecule has 0 radical (unpaired) electrons. The van der Waals surface area contributed by atoms with Gasteiger partial charge in [-0.1, -0.05) is 6.42 Å². The molecule has 0 spiro atoms. The first-order valence-electron chi connectivity index (χ1n) is 3.60. The Bertz CT molecular complexity index is 97.6. The van der Waals surface area contributed by atoms with Crippen LogP contribution in [-0.2, 0) is 0 Å². The van der Waals surface area contributed by atoms with Gasteiger partial charge in [0.15, 0.2) is 0 Å². The minimum atomic E-state index is -0.313. The van der Waals surface area contributed by atoms with Crippen LogP contribution < -0.4 is 24.0 Å². The van der Waals surface area contributed by atoms with E-state index in [0.29, 0.717) is 6.04 Å². The summed E-state index contributed by atoms with van der Waals surface area (Å²) in [7, 11) is 0. The van der Waals surface area contributed by atoms with Crippen molar-refractivity contribution in [1.82, 2.24) is 4.90 Å². The van der Waals surface area contributed by atoms with Crippen LogP contribution in [0.15, 0.2) is 0 Å². The summed E-state index contributed by atoms with van der Waals surface area (Å²) in [5, 5.41) is 10.8. The van der Waals surface area contributed by atoms with E-state index in [1.165, 1.54) is 0 Å². The average Bonchev–Trinajstić information content (AvgIpc) is 2.14. The molecule has 0 aromatic carbocycles. The van der Waals surface area contributed by atoms with Crippen molar-refractivity contribution >= 4 is 0 Å². The summed E-state index contributed by atoms with van der Waals surface area (Å²) in [5.74, 6) is 0. The normalized spacial score (nSPS) is 27.0. The first kappa shape index (κ1) is 10.5. The van der Waals surface area contributed by atoms with Gasteiger partial charge in [-0.25, -0.2) is 0 Å². The molecule has 0 amide bonds. The van der Waals surface area contributed by atoms with Crippen molar-refractivity contribution in [3.05, 3.63) is 0 Å². The van der Waals surface area contributed by atoms with Gasteiger partial charge in [-0.15, -0.1) is 6.10 Å². The third-order valence-corrected chi connectivity index (χ3v) is 1.91. The van der Waals surface area contributed by atoms with E-state index in [1.54, 1.807) is 0 Å². The number of hydrogen-bond donors (Lipinski definition) is 0. The number of rotatable bonds is 1. The largest absolute Gasteiger partial charge is 1.00 e. The van der Waals surface area contributed by atoms with Crippen LogP contribution in [0.4, 0.5) is 0 Å². The minimum absolute atomic E-state index is 0. The van der Waals surface area contributed by atoms with E-state index in [4.69, 9.17) is 0 Å². The van der Waals surface area contributed by atoms with E-state index in [1.807, 2.05) is 0 Å². The molecule has 1 rings (SSSR count). The standard InChI is InChI=1S/C7H14NO.Li/c1-6(2)8-4-3-7(9)5-8;/h6-7H,3-5H2,1-2H3;/q-1;+1/t7-;/m1./s1. The summed E-state index contributed by atoms with van der Waals surface area (Å²) in [4.78, 5) is 2.23. The van der Waals surface area contributed by atoms with Gasteiger partial charge in [-0.2, -0.15) is 0 Å². The molecule has 0 aromatic heterocycles. The van der Waals surface area contributed by atoms with Gasteiger partial charge in [0.25, 0.3) is 0 Å². The molecule has 1 saturated heterocycles. The van der Waals surface area contributed by atoms with Crippen LogP contribution in [0.3, 0.4) is 0 Å². The van der Waals surface area contributed by atoms with Gasteiger partial charge in [-0.05, 0) is 26.9 Å². The second-order valence-electron chi connectivity index (χ2n) is 3.00. The van der Waals surface area contributed by atoms with Crippen molar-refractivity contribution in [1.29, 1.82) is 0 Å². The third-order valence-electron chi connectivity index (χ3n) is 1.91. The van der Waals surface area contributed by atoms with Gasteiger partial charge in [-0.3, -0.25) is 0 Å². The monoisotopic (exact) mass is 135 g/mol. The molecule has 1 atom stereocenters. The average molecular weight is 135 g/mol. The van der Waals surface area contributed by atoms with Gasteiger partial charge in [0, 0.05) is 6.04 Å². The zero-order chi connectivity index (χ0) is 6.85. The van der Waals surface area contributed by atoms with Crippen molar-refractivity contribution in [2.75, 3.05) is 13.1 Å². The Balaban J connectivity index is 0.000000810. The zero-order valence-corrected chi connectivity index (χ0v) is 7.13. The Kier molecular flexibility index (Phi) is 4.63. The predicted molar refractivity (Wildman–Crippen MR) is 35.1 cm³/mol. The van der Waals surface area contributed by atoms with Crippen LogP contribution in [0.1, 0.15) is 20.3 Å². The molecule has 1 aliphatic heterocycles. The molecular formula is C7H14LiNO. The van der Waals surface area contributed by atoms with Crippen molar-refractivity contribution in [2.45, 2.75) is 32.4 Å². The Morgan fingerprint density at radius 1 is 1.50 bits per heavy atom. The van der Waals surface area contributed by atoms with Crippen LogP contribution in [0.5, 0.6) is 0 Å². The molecular weight excluding hydrogens is 121 g/mol. The van der Waals surface area contributed by atoms with Gasteiger partial charge < -0.3 is 10.0 Å². The summed E-state index contributed by atoms with van der Waals surface area (Å²) < 4.78 is 0. The van der Waals surface area contributed by atoms with Crippen LogP contribution in [0, 0.1) is 0 Å². The summed E-state index contributed by atoms with van der Waals surface area (Å²) >= 11 is 0. The van der Waals surface area contributed by atoms with Gasteiger partial charge in [0.05, 0.1) is 0 Å². The molecule has 0 unspecified atom stereocenters. The molecule has 0 saturated carbocycles. The molecule has 0 N–H and O–H groups in total. The molecule has 3 heteroatoms. The molecule has 54 valence electrons. The topological polar surface area (TPSA) is 26.3 Å². The van der Waals surface area contributed by atoms with Crippen molar-refractivity contribution in [3.8, 4) is 0 Å². The van der Waals surface area contributed by atoms with E-state index in [2.05, 4.69) is 18.7 Å². The Hall–Kier alpha value is 0.517. The molecule has 0 aliphatic carbocycles. The van der Waals surface area contributed by atoms with E-state index in [0.717, 1.165) is 19.5 Å². The molecule has 1 heterocycles. The van der Waals surface area contributed by atoms with Crippen LogP contribution >= 0.6 is 0 Å². The number of likely N-dealkylation sites (tertiary alicyclic amines) is 1. The maximum atomic E-state index is 10.8. The van der Waals surface area contributed by atoms with E-state index in [9.17, 15) is 5.11 Å². The fourth-order valence-corrected chi connectivity index (χ4v) is 1.22. The quantitative estimate of drug-likeness (QED) is 0.355. The van der Waals surface area contributed by atoms with Gasteiger partial charge >= 0.3 is 18.9 Å².